The average Bonchev–Trinajstić information content (AvgIpc) is 2.60. The minimum atomic E-state index is 0.730. The summed E-state index contributed by atoms with van der Waals surface area (Å²) in [7, 11) is 2.03. The van der Waals surface area contributed by atoms with Crippen LogP contribution in [-0.2, 0) is 7.05 Å². The third kappa shape index (κ3) is 2.34. The van der Waals surface area contributed by atoms with Gasteiger partial charge < -0.3 is 4.57 Å². The molecule has 0 unspecified atom stereocenters. The highest BCUT2D eigenvalue weighted by atomic mass is 35.5. The van der Waals surface area contributed by atoms with Crippen LogP contribution in [-0.4, -0.2) is 10.8 Å². The van der Waals surface area contributed by atoms with Crippen LogP contribution in [0.3, 0.4) is 0 Å². The van der Waals surface area contributed by atoms with Crippen molar-refractivity contribution in [2.24, 2.45) is 12.0 Å². The van der Waals surface area contributed by atoms with Crippen LogP contribution in [0.25, 0.3) is 0 Å². The van der Waals surface area contributed by atoms with Crippen LogP contribution in [0.2, 0.25) is 5.02 Å². The molecule has 82 valence electrons. The Bertz CT molecular complexity index is 509. The maximum Gasteiger partial charge on any atom is 0.0631 e. The van der Waals surface area contributed by atoms with E-state index in [9.17, 15) is 0 Å². The Morgan fingerprint density at radius 2 is 1.81 bits per heavy atom. The van der Waals surface area contributed by atoms with Crippen LogP contribution in [0, 0.1) is 6.92 Å². The fraction of sp³-hybridized carbons (Fsp3) is 0.154. The molecule has 1 heterocycles. The fourth-order valence-corrected chi connectivity index (χ4v) is 1.56. The molecule has 2 nitrogen and oxygen atoms in total. The molecule has 0 aliphatic carbocycles. The van der Waals surface area contributed by atoms with Crippen molar-refractivity contribution in [3.8, 4) is 0 Å². The van der Waals surface area contributed by atoms with Gasteiger partial charge in [-0.3, -0.25) is 4.99 Å². The van der Waals surface area contributed by atoms with Gasteiger partial charge in [0, 0.05) is 17.8 Å². The summed E-state index contributed by atoms with van der Waals surface area (Å²) in [6.07, 6.45) is 1.86. The number of benzene rings is 1. The zero-order valence-corrected chi connectivity index (χ0v) is 10.1. The van der Waals surface area contributed by atoms with Crippen molar-refractivity contribution in [3.63, 3.8) is 0 Å². The summed E-state index contributed by atoms with van der Waals surface area (Å²) in [5.74, 6) is 0. The third-order valence-corrected chi connectivity index (χ3v) is 2.84. The van der Waals surface area contributed by atoms with Gasteiger partial charge in [0.15, 0.2) is 0 Å². The molecule has 0 radical (unpaired) electrons. The minimum Gasteiger partial charge on any atom is -0.347 e. The first-order valence-corrected chi connectivity index (χ1v) is 5.46. The molecular weight excluding hydrogens is 220 g/mol. The number of aliphatic imine (C=N–C) groups is 1. The molecular formula is C13H13ClN2. The summed E-state index contributed by atoms with van der Waals surface area (Å²) < 4.78 is 2.10. The highest BCUT2D eigenvalue weighted by Gasteiger charge is 1.97. The molecule has 1 aromatic carbocycles. The number of aryl methyl sites for hydroxylation is 1. The van der Waals surface area contributed by atoms with Gasteiger partial charge in [0.25, 0.3) is 0 Å². The van der Waals surface area contributed by atoms with Gasteiger partial charge in [-0.25, -0.2) is 0 Å². The van der Waals surface area contributed by atoms with Gasteiger partial charge in [-0.05, 0) is 43.3 Å². The number of rotatable bonds is 2. The predicted molar refractivity (Wildman–Crippen MR) is 68.9 cm³/mol. The molecule has 0 aliphatic rings. The lowest BCUT2D eigenvalue weighted by Gasteiger charge is -1.99. The van der Waals surface area contributed by atoms with Crippen LogP contribution in [0.1, 0.15) is 11.4 Å². The normalized spacial score (nSPS) is 11.2. The largest absolute Gasteiger partial charge is 0.347 e. The minimum absolute atomic E-state index is 0.730. The average molecular weight is 233 g/mol. The fourth-order valence-electron chi connectivity index (χ4n) is 1.43. The summed E-state index contributed by atoms with van der Waals surface area (Å²) in [5, 5.41) is 0.730. The summed E-state index contributed by atoms with van der Waals surface area (Å²) in [6.45, 7) is 2.07. The molecule has 0 bridgehead atoms. The summed E-state index contributed by atoms with van der Waals surface area (Å²) in [6, 6.07) is 11.6. The van der Waals surface area contributed by atoms with Crippen molar-refractivity contribution in [2.45, 2.75) is 6.92 Å². The number of hydrogen-bond acceptors (Lipinski definition) is 1. The highest BCUT2D eigenvalue weighted by molar-refractivity contribution is 6.30. The van der Waals surface area contributed by atoms with Crippen LogP contribution in [0.4, 0.5) is 5.69 Å². The second kappa shape index (κ2) is 4.54. The number of halogens is 1. The molecule has 0 aliphatic heterocycles. The van der Waals surface area contributed by atoms with Crippen molar-refractivity contribution >= 4 is 23.5 Å². The van der Waals surface area contributed by atoms with Crippen LogP contribution in [0.5, 0.6) is 0 Å². The van der Waals surface area contributed by atoms with Gasteiger partial charge in [-0.15, -0.1) is 0 Å². The van der Waals surface area contributed by atoms with Gasteiger partial charge in [0.1, 0.15) is 0 Å². The van der Waals surface area contributed by atoms with E-state index in [1.165, 1.54) is 5.69 Å². The van der Waals surface area contributed by atoms with Gasteiger partial charge in [-0.2, -0.15) is 0 Å². The molecule has 1 aromatic heterocycles. The molecule has 2 rings (SSSR count). The van der Waals surface area contributed by atoms with Crippen LogP contribution in [0.15, 0.2) is 41.4 Å². The standard InChI is InChI=1S/C13H13ClN2/c1-10-3-8-13(16(10)2)9-15-12-6-4-11(14)5-7-12/h3-9H,1-2H3. The van der Waals surface area contributed by atoms with Gasteiger partial charge in [-0.1, -0.05) is 11.6 Å². The second-order valence-electron chi connectivity index (χ2n) is 3.69. The zero-order chi connectivity index (χ0) is 11.5. The van der Waals surface area contributed by atoms with Crippen molar-refractivity contribution in [3.05, 3.63) is 52.8 Å². The number of aromatic nitrogens is 1. The molecule has 0 saturated carbocycles. The molecule has 0 fully saturated rings. The van der Waals surface area contributed by atoms with Crippen LogP contribution >= 0.6 is 11.6 Å². The van der Waals surface area contributed by atoms with E-state index in [4.69, 9.17) is 11.6 Å². The second-order valence-corrected chi connectivity index (χ2v) is 4.13. The monoisotopic (exact) mass is 232 g/mol. The molecule has 0 spiro atoms. The lowest BCUT2D eigenvalue weighted by Crippen LogP contribution is -1.96. The summed E-state index contributed by atoms with van der Waals surface area (Å²) >= 11 is 5.80. The first kappa shape index (κ1) is 11.0. The highest BCUT2D eigenvalue weighted by Crippen LogP contribution is 2.16. The van der Waals surface area contributed by atoms with E-state index >= 15 is 0 Å². The molecule has 0 amide bonds. The smallest absolute Gasteiger partial charge is 0.0631 e. The third-order valence-electron chi connectivity index (χ3n) is 2.58. The van der Waals surface area contributed by atoms with E-state index in [0.717, 1.165) is 16.4 Å². The van der Waals surface area contributed by atoms with Crippen molar-refractivity contribution in [1.82, 2.24) is 4.57 Å². The first-order chi connectivity index (χ1) is 7.66. The predicted octanol–water partition coefficient (Wildman–Crippen LogP) is 3.74. The van der Waals surface area contributed by atoms with E-state index in [0.29, 0.717) is 0 Å². The Morgan fingerprint density at radius 3 is 2.38 bits per heavy atom. The van der Waals surface area contributed by atoms with E-state index in [2.05, 4.69) is 28.6 Å². The van der Waals surface area contributed by atoms with E-state index in [1.54, 1.807) is 0 Å². The molecule has 2 aromatic rings. The molecule has 0 saturated heterocycles. The van der Waals surface area contributed by atoms with Crippen LogP contribution < -0.4 is 0 Å². The summed E-state index contributed by atoms with van der Waals surface area (Å²) in [4.78, 5) is 4.39. The number of nitrogens with zero attached hydrogens (tertiary/aromatic N) is 2. The maximum atomic E-state index is 5.80. The number of hydrogen-bond donors (Lipinski definition) is 0. The Morgan fingerprint density at radius 1 is 1.12 bits per heavy atom. The maximum absolute atomic E-state index is 5.80. The Kier molecular flexibility index (Phi) is 3.11. The van der Waals surface area contributed by atoms with E-state index in [-0.39, 0.29) is 0 Å². The quantitative estimate of drug-likeness (QED) is 0.702. The van der Waals surface area contributed by atoms with E-state index < -0.39 is 0 Å². The SMILES string of the molecule is Cc1ccc(C=Nc2ccc(Cl)cc2)n1C. The van der Waals surface area contributed by atoms with Gasteiger partial charge in [0.05, 0.1) is 17.6 Å². The first-order valence-electron chi connectivity index (χ1n) is 5.09. The Hall–Kier alpha value is -1.54. The lowest BCUT2D eigenvalue weighted by atomic mass is 10.3. The summed E-state index contributed by atoms with van der Waals surface area (Å²) in [5.41, 5.74) is 3.22. The molecule has 0 atom stereocenters. The van der Waals surface area contributed by atoms with Crippen molar-refractivity contribution < 1.29 is 0 Å². The van der Waals surface area contributed by atoms with Crippen molar-refractivity contribution in [1.29, 1.82) is 0 Å². The van der Waals surface area contributed by atoms with Gasteiger partial charge in [0.2, 0.25) is 0 Å². The Labute approximate surface area is 100 Å². The molecule has 3 heteroatoms. The molecule has 0 N–H and O–H groups in total. The lowest BCUT2D eigenvalue weighted by molar-refractivity contribution is 0.874. The van der Waals surface area contributed by atoms with Gasteiger partial charge >= 0.3 is 0 Å². The molecule has 16 heavy (non-hydrogen) atoms. The topological polar surface area (TPSA) is 17.3 Å². The zero-order valence-electron chi connectivity index (χ0n) is 9.31. The Balaban J connectivity index is 2.21. The van der Waals surface area contributed by atoms with Crippen molar-refractivity contribution in [2.75, 3.05) is 0 Å². The van der Waals surface area contributed by atoms with E-state index in [1.807, 2.05) is 37.5 Å².